The molecule has 1 fully saturated rings. The standard InChI is InChI=1S/C15H20FN3OS/c1-15(2,13(17)21)14(20)19-9-7-18(8-10-19)12-6-4-3-5-11(12)16/h3-6H,7-10H2,1-2H3,(H2,17,21). The first-order valence-electron chi connectivity index (χ1n) is 6.93. The summed E-state index contributed by atoms with van der Waals surface area (Å²) < 4.78 is 13.8. The lowest BCUT2D eigenvalue weighted by atomic mass is 9.91. The van der Waals surface area contributed by atoms with Gasteiger partial charge in [0.05, 0.1) is 16.1 Å². The molecule has 1 heterocycles. The Balaban J connectivity index is 2.03. The van der Waals surface area contributed by atoms with E-state index in [1.807, 2.05) is 11.0 Å². The van der Waals surface area contributed by atoms with Crippen LogP contribution in [0.1, 0.15) is 13.8 Å². The maximum atomic E-state index is 13.8. The van der Waals surface area contributed by atoms with E-state index in [9.17, 15) is 9.18 Å². The third-order valence-electron chi connectivity index (χ3n) is 3.91. The summed E-state index contributed by atoms with van der Waals surface area (Å²) >= 11 is 4.96. The van der Waals surface area contributed by atoms with Gasteiger partial charge < -0.3 is 15.5 Å². The van der Waals surface area contributed by atoms with Gasteiger partial charge in [0.2, 0.25) is 5.91 Å². The van der Waals surface area contributed by atoms with Gasteiger partial charge in [-0.15, -0.1) is 0 Å². The predicted octanol–water partition coefficient (Wildman–Crippen LogP) is 1.79. The molecule has 0 radical (unpaired) electrons. The van der Waals surface area contributed by atoms with Gasteiger partial charge in [-0.25, -0.2) is 4.39 Å². The number of nitrogens with two attached hydrogens (primary N) is 1. The quantitative estimate of drug-likeness (QED) is 0.865. The van der Waals surface area contributed by atoms with Crippen LogP contribution in [0.4, 0.5) is 10.1 Å². The van der Waals surface area contributed by atoms with Crippen LogP contribution in [0.15, 0.2) is 24.3 Å². The number of nitrogens with zero attached hydrogens (tertiary/aromatic N) is 2. The molecule has 1 aliphatic heterocycles. The molecule has 0 atom stereocenters. The number of amides is 1. The fourth-order valence-electron chi connectivity index (χ4n) is 2.36. The molecule has 1 aliphatic rings. The Morgan fingerprint density at radius 2 is 1.81 bits per heavy atom. The van der Waals surface area contributed by atoms with Crippen LogP contribution in [0.2, 0.25) is 0 Å². The minimum atomic E-state index is -0.838. The number of rotatable bonds is 3. The number of carbonyl (C=O) groups is 1. The Hall–Kier alpha value is -1.69. The van der Waals surface area contributed by atoms with Crippen LogP contribution < -0.4 is 10.6 Å². The summed E-state index contributed by atoms with van der Waals surface area (Å²) in [6.45, 7) is 5.75. The van der Waals surface area contributed by atoms with Crippen molar-refractivity contribution in [3.63, 3.8) is 0 Å². The van der Waals surface area contributed by atoms with Crippen molar-refractivity contribution >= 4 is 28.8 Å². The number of benzene rings is 1. The first-order chi connectivity index (χ1) is 9.84. The van der Waals surface area contributed by atoms with Gasteiger partial charge in [-0.05, 0) is 26.0 Å². The van der Waals surface area contributed by atoms with Gasteiger partial charge in [0.25, 0.3) is 0 Å². The molecule has 6 heteroatoms. The molecule has 2 N–H and O–H groups in total. The number of hydrogen-bond donors (Lipinski definition) is 1. The van der Waals surface area contributed by atoms with Crippen molar-refractivity contribution in [2.45, 2.75) is 13.8 Å². The maximum absolute atomic E-state index is 13.8. The molecule has 1 saturated heterocycles. The Morgan fingerprint density at radius 3 is 2.33 bits per heavy atom. The Labute approximate surface area is 129 Å². The van der Waals surface area contributed by atoms with E-state index in [1.54, 1.807) is 30.9 Å². The SMILES string of the molecule is CC(C)(C(=O)N1CCN(c2ccccc2F)CC1)C(N)=S. The Morgan fingerprint density at radius 1 is 1.24 bits per heavy atom. The zero-order valence-electron chi connectivity index (χ0n) is 12.3. The highest BCUT2D eigenvalue weighted by Gasteiger charge is 2.36. The van der Waals surface area contributed by atoms with Gasteiger partial charge in [-0.3, -0.25) is 4.79 Å². The second kappa shape index (κ2) is 5.97. The molecule has 1 aromatic carbocycles. The minimum Gasteiger partial charge on any atom is -0.392 e. The summed E-state index contributed by atoms with van der Waals surface area (Å²) in [5.74, 6) is -0.302. The van der Waals surface area contributed by atoms with E-state index >= 15 is 0 Å². The molecule has 0 spiro atoms. The van der Waals surface area contributed by atoms with Gasteiger partial charge in [-0.2, -0.15) is 0 Å². The van der Waals surface area contributed by atoms with E-state index in [4.69, 9.17) is 18.0 Å². The van der Waals surface area contributed by atoms with Crippen LogP contribution in [0.25, 0.3) is 0 Å². The number of hydrogen-bond acceptors (Lipinski definition) is 3. The van der Waals surface area contributed by atoms with E-state index in [0.29, 0.717) is 31.9 Å². The van der Waals surface area contributed by atoms with Crippen LogP contribution in [0.5, 0.6) is 0 Å². The van der Waals surface area contributed by atoms with Gasteiger partial charge in [0.1, 0.15) is 5.82 Å². The van der Waals surface area contributed by atoms with Crippen molar-refractivity contribution in [1.29, 1.82) is 0 Å². The molecule has 114 valence electrons. The first-order valence-corrected chi connectivity index (χ1v) is 7.33. The van der Waals surface area contributed by atoms with Crippen LogP contribution in [-0.2, 0) is 4.79 Å². The summed E-state index contributed by atoms with van der Waals surface area (Å²) in [5.41, 5.74) is 5.38. The number of thiocarbonyl (C=S) groups is 1. The molecular formula is C15H20FN3OS. The topological polar surface area (TPSA) is 49.6 Å². The van der Waals surface area contributed by atoms with E-state index in [0.717, 1.165) is 0 Å². The highest BCUT2D eigenvalue weighted by atomic mass is 32.1. The fraction of sp³-hybridized carbons (Fsp3) is 0.467. The van der Waals surface area contributed by atoms with Gasteiger partial charge in [-0.1, -0.05) is 24.4 Å². The molecule has 2 rings (SSSR count). The van der Waals surface area contributed by atoms with Crippen molar-refractivity contribution in [2.75, 3.05) is 31.1 Å². The lowest BCUT2D eigenvalue weighted by molar-refractivity contribution is -0.137. The monoisotopic (exact) mass is 309 g/mol. The molecule has 0 saturated carbocycles. The highest BCUT2D eigenvalue weighted by molar-refractivity contribution is 7.80. The zero-order chi connectivity index (χ0) is 15.6. The molecule has 0 aliphatic carbocycles. The molecular weight excluding hydrogens is 289 g/mol. The first kappa shape index (κ1) is 15.7. The summed E-state index contributed by atoms with van der Waals surface area (Å²) in [7, 11) is 0. The third-order valence-corrected chi connectivity index (χ3v) is 4.42. The van der Waals surface area contributed by atoms with Crippen molar-refractivity contribution in [1.82, 2.24) is 4.90 Å². The summed E-state index contributed by atoms with van der Waals surface area (Å²) in [6, 6.07) is 6.68. The normalized spacial score (nSPS) is 16.0. The van der Waals surface area contributed by atoms with Gasteiger partial charge in [0, 0.05) is 26.2 Å². The van der Waals surface area contributed by atoms with Crippen LogP contribution >= 0.6 is 12.2 Å². The zero-order valence-corrected chi connectivity index (χ0v) is 13.1. The Kier molecular flexibility index (Phi) is 4.46. The fourth-order valence-corrected chi connectivity index (χ4v) is 2.45. The number of anilines is 1. The van der Waals surface area contributed by atoms with Crippen molar-refractivity contribution < 1.29 is 9.18 Å². The van der Waals surface area contributed by atoms with Crippen molar-refractivity contribution in [2.24, 2.45) is 11.1 Å². The highest BCUT2D eigenvalue weighted by Crippen LogP contribution is 2.23. The predicted molar refractivity (Wildman–Crippen MR) is 85.8 cm³/mol. The Bertz CT molecular complexity index is 554. The second-order valence-corrected chi connectivity index (χ2v) is 6.16. The lowest BCUT2D eigenvalue weighted by Gasteiger charge is -2.39. The molecule has 4 nitrogen and oxygen atoms in total. The average Bonchev–Trinajstić information content (AvgIpc) is 2.47. The number of piperazine rings is 1. The summed E-state index contributed by atoms with van der Waals surface area (Å²) in [4.78, 5) is 16.3. The lowest BCUT2D eigenvalue weighted by Crippen LogP contribution is -2.54. The molecule has 0 unspecified atom stereocenters. The molecule has 0 bridgehead atoms. The van der Waals surface area contributed by atoms with Gasteiger partial charge in [0.15, 0.2) is 0 Å². The number of para-hydroxylation sites is 1. The maximum Gasteiger partial charge on any atom is 0.235 e. The van der Waals surface area contributed by atoms with E-state index in [-0.39, 0.29) is 16.7 Å². The van der Waals surface area contributed by atoms with Crippen LogP contribution in [0, 0.1) is 11.2 Å². The molecule has 0 aromatic heterocycles. The molecule has 1 aromatic rings. The summed E-state index contributed by atoms with van der Waals surface area (Å²) in [5, 5.41) is 0. The van der Waals surface area contributed by atoms with Gasteiger partial charge >= 0.3 is 0 Å². The van der Waals surface area contributed by atoms with Crippen LogP contribution in [-0.4, -0.2) is 42.0 Å². The smallest absolute Gasteiger partial charge is 0.235 e. The van der Waals surface area contributed by atoms with E-state index in [1.165, 1.54) is 6.07 Å². The third kappa shape index (κ3) is 3.15. The van der Waals surface area contributed by atoms with E-state index < -0.39 is 5.41 Å². The average molecular weight is 309 g/mol. The van der Waals surface area contributed by atoms with Crippen LogP contribution in [0.3, 0.4) is 0 Å². The van der Waals surface area contributed by atoms with Crippen molar-refractivity contribution in [3.05, 3.63) is 30.1 Å². The largest absolute Gasteiger partial charge is 0.392 e. The van der Waals surface area contributed by atoms with Crippen molar-refractivity contribution in [3.8, 4) is 0 Å². The summed E-state index contributed by atoms with van der Waals surface area (Å²) in [6.07, 6.45) is 0. The number of carbonyl (C=O) groups excluding carboxylic acids is 1. The molecule has 21 heavy (non-hydrogen) atoms. The minimum absolute atomic E-state index is 0.0665. The molecule has 1 amide bonds. The second-order valence-electron chi connectivity index (χ2n) is 5.72. The number of halogens is 1. The van der Waals surface area contributed by atoms with E-state index in [2.05, 4.69) is 0 Å².